The molecule has 7 nitrogen and oxygen atoms in total. The average molecular weight is 494 g/mol. The highest BCUT2D eigenvalue weighted by Crippen LogP contribution is 2.27. The van der Waals surface area contributed by atoms with E-state index in [4.69, 9.17) is 9.29 Å². The lowest BCUT2D eigenvalue weighted by atomic mass is 10.2. The number of carbonyl (C=O) groups excluding carboxylic acids is 2. The van der Waals surface area contributed by atoms with Gasteiger partial charge in [-0.2, -0.15) is 21.6 Å². The predicted octanol–water partition coefficient (Wildman–Crippen LogP) is 2.36. The fraction of sp³-hybridized carbons (Fsp3) is 0.231. The molecule has 0 heterocycles. The Labute approximate surface area is 153 Å². The number of esters is 2. The van der Waals surface area contributed by atoms with Crippen molar-refractivity contribution in [2.24, 2.45) is 0 Å². The van der Waals surface area contributed by atoms with Crippen LogP contribution in [0.15, 0.2) is 30.9 Å². The van der Waals surface area contributed by atoms with Gasteiger partial charge in [-0.1, -0.05) is 6.58 Å². The highest BCUT2D eigenvalue weighted by Gasteiger charge is 2.45. The molecule has 0 aromatic heterocycles. The minimum absolute atomic E-state index is 0.127. The molecule has 1 rings (SSSR count). The van der Waals surface area contributed by atoms with Gasteiger partial charge < -0.3 is 9.47 Å². The van der Waals surface area contributed by atoms with Crippen LogP contribution in [-0.4, -0.2) is 42.9 Å². The molecule has 1 aromatic carbocycles. The summed E-state index contributed by atoms with van der Waals surface area (Å²) in [6.07, 6.45) is -7.44. The SMILES string of the molecule is C=CC(=O)Oc1cc(C(=O)OC(CS(=O)(=O)O)C(F)(F)F)ccc1I. The van der Waals surface area contributed by atoms with Crippen LogP contribution in [0.3, 0.4) is 0 Å². The Hall–Kier alpha value is -1.67. The normalized spacial score (nSPS) is 13.0. The van der Waals surface area contributed by atoms with Crippen molar-refractivity contribution in [2.75, 3.05) is 5.75 Å². The summed E-state index contributed by atoms with van der Waals surface area (Å²) >= 11 is 1.75. The minimum atomic E-state index is -5.22. The molecule has 138 valence electrons. The molecule has 1 unspecified atom stereocenters. The summed E-state index contributed by atoms with van der Waals surface area (Å²) in [7, 11) is -5.05. The molecule has 1 aromatic rings. The monoisotopic (exact) mass is 494 g/mol. The fourth-order valence-electron chi connectivity index (χ4n) is 1.44. The highest BCUT2D eigenvalue weighted by atomic mass is 127. The Morgan fingerprint density at radius 3 is 2.44 bits per heavy atom. The zero-order valence-corrected chi connectivity index (χ0v) is 15.1. The molecule has 25 heavy (non-hydrogen) atoms. The standard InChI is InChI=1S/C13H10F3IO7S/c1-2-11(18)23-9-5-7(3-4-8(9)17)12(19)24-10(13(14,15)16)6-25(20,21)22/h2-5,10H,1,6H2,(H,20,21,22). The van der Waals surface area contributed by atoms with E-state index in [1.165, 1.54) is 6.07 Å². The second-order valence-corrected chi connectivity index (χ2v) is 7.11. The summed E-state index contributed by atoms with van der Waals surface area (Å²) < 4.78 is 77.4. The lowest BCUT2D eigenvalue weighted by Crippen LogP contribution is -2.39. The molecule has 1 N–H and O–H groups in total. The van der Waals surface area contributed by atoms with Crippen LogP contribution in [0.25, 0.3) is 0 Å². The Morgan fingerprint density at radius 1 is 1.36 bits per heavy atom. The lowest BCUT2D eigenvalue weighted by Gasteiger charge is -2.19. The van der Waals surface area contributed by atoms with Gasteiger partial charge in [0.2, 0.25) is 6.10 Å². The van der Waals surface area contributed by atoms with E-state index in [9.17, 15) is 31.2 Å². The number of hydrogen-bond donors (Lipinski definition) is 1. The maximum Gasteiger partial charge on any atom is 0.426 e. The molecule has 0 fully saturated rings. The third kappa shape index (κ3) is 6.99. The summed E-state index contributed by atoms with van der Waals surface area (Å²) in [6, 6.07) is 3.32. The Bertz CT molecular complexity index is 789. The van der Waals surface area contributed by atoms with E-state index in [1.54, 1.807) is 22.6 Å². The third-order valence-electron chi connectivity index (χ3n) is 2.52. The number of rotatable bonds is 6. The van der Waals surface area contributed by atoms with Gasteiger partial charge in [0.15, 0.2) is 0 Å². The quantitative estimate of drug-likeness (QED) is 0.213. The van der Waals surface area contributed by atoms with Crippen LogP contribution in [0.5, 0.6) is 5.75 Å². The molecule has 0 aliphatic carbocycles. The number of ether oxygens (including phenoxy) is 2. The average Bonchev–Trinajstić information content (AvgIpc) is 2.46. The smallest absolute Gasteiger partial charge is 0.426 e. The van der Waals surface area contributed by atoms with E-state index in [0.29, 0.717) is 3.57 Å². The summed E-state index contributed by atoms with van der Waals surface area (Å²) in [5.41, 5.74) is -0.420. The van der Waals surface area contributed by atoms with E-state index in [2.05, 4.69) is 11.3 Å². The van der Waals surface area contributed by atoms with Gasteiger partial charge in [0.05, 0.1) is 9.13 Å². The molecule has 12 heteroatoms. The topological polar surface area (TPSA) is 107 Å². The minimum Gasteiger partial charge on any atom is -0.448 e. The molecule has 0 amide bonds. The van der Waals surface area contributed by atoms with Gasteiger partial charge in [0.25, 0.3) is 10.1 Å². The van der Waals surface area contributed by atoms with Gasteiger partial charge in [0.1, 0.15) is 11.5 Å². The van der Waals surface area contributed by atoms with Gasteiger partial charge in [0, 0.05) is 6.08 Å². The molecule has 0 aliphatic rings. The number of carbonyl (C=O) groups is 2. The van der Waals surface area contributed by atoms with Crippen LogP contribution >= 0.6 is 22.6 Å². The first-order valence-corrected chi connectivity index (χ1v) is 8.89. The predicted molar refractivity (Wildman–Crippen MR) is 86.7 cm³/mol. The largest absolute Gasteiger partial charge is 0.448 e. The van der Waals surface area contributed by atoms with Crippen molar-refractivity contribution < 1.29 is 45.2 Å². The maximum atomic E-state index is 12.8. The number of halogens is 4. The van der Waals surface area contributed by atoms with Crippen molar-refractivity contribution in [2.45, 2.75) is 12.3 Å². The fourth-order valence-corrected chi connectivity index (χ4v) is 2.53. The van der Waals surface area contributed by atoms with E-state index < -0.39 is 45.7 Å². The highest BCUT2D eigenvalue weighted by molar-refractivity contribution is 14.1. The zero-order valence-electron chi connectivity index (χ0n) is 12.1. The van der Waals surface area contributed by atoms with Gasteiger partial charge >= 0.3 is 18.1 Å². The van der Waals surface area contributed by atoms with Crippen LogP contribution in [0.2, 0.25) is 0 Å². The zero-order chi connectivity index (χ0) is 19.4. The molecule has 0 aliphatic heterocycles. The van der Waals surface area contributed by atoms with E-state index in [-0.39, 0.29) is 5.75 Å². The number of alkyl halides is 3. The van der Waals surface area contributed by atoms with Crippen molar-refractivity contribution in [1.29, 1.82) is 0 Å². The Kier molecular flexibility index (Phi) is 6.96. The summed E-state index contributed by atoms with van der Waals surface area (Å²) in [4.78, 5) is 23.0. The number of hydrogen-bond acceptors (Lipinski definition) is 6. The lowest BCUT2D eigenvalue weighted by molar-refractivity contribution is -0.197. The second kappa shape index (κ2) is 8.14. The summed E-state index contributed by atoms with van der Waals surface area (Å²) in [5.74, 6) is -4.34. The van der Waals surface area contributed by atoms with Crippen molar-refractivity contribution in [1.82, 2.24) is 0 Å². The van der Waals surface area contributed by atoms with Crippen molar-refractivity contribution in [3.8, 4) is 5.75 Å². The van der Waals surface area contributed by atoms with Crippen molar-refractivity contribution in [3.63, 3.8) is 0 Å². The molecular formula is C13H10F3IO7S. The van der Waals surface area contributed by atoms with Crippen molar-refractivity contribution in [3.05, 3.63) is 40.0 Å². The van der Waals surface area contributed by atoms with Crippen LogP contribution in [-0.2, 0) is 19.6 Å². The molecule has 1 atom stereocenters. The molecule has 0 radical (unpaired) electrons. The molecule has 0 saturated heterocycles. The van der Waals surface area contributed by atoms with Gasteiger partial charge in [-0.25, -0.2) is 9.59 Å². The van der Waals surface area contributed by atoms with E-state index in [0.717, 1.165) is 18.2 Å². The van der Waals surface area contributed by atoms with Gasteiger partial charge in [-0.3, -0.25) is 4.55 Å². The van der Waals surface area contributed by atoms with Crippen LogP contribution < -0.4 is 4.74 Å². The third-order valence-corrected chi connectivity index (χ3v) is 4.14. The summed E-state index contributed by atoms with van der Waals surface area (Å²) in [5, 5.41) is 0. The number of benzene rings is 1. The van der Waals surface area contributed by atoms with Crippen LogP contribution in [0, 0.1) is 3.57 Å². The molecule has 0 spiro atoms. The first-order chi connectivity index (χ1) is 11.3. The maximum absolute atomic E-state index is 12.8. The Balaban J connectivity index is 3.07. The first kappa shape index (κ1) is 21.4. The van der Waals surface area contributed by atoms with Crippen molar-refractivity contribution >= 4 is 44.6 Å². The van der Waals surface area contributed by atoms with Crippen LogP contribution in [0.1, 0.15) is 10.4 Å². The van der Waals surface area contributed by atoms with E-state index >= 15 is 0 Å². The summed E-state index contributed by atoms with van der Waals surface area (Å²) in [6.45, 7) is 3.17. The second-order valence-electron chi connectivity index (χ2n) is 4.45. The Morgan fingerprint density at radius 2 is 1.96 bits per heavy atom. The van der Waals surface area contributed by atoms with Crippen LogP contribution in [0.4, 0.5) is 13.2 Å². The molecule has 0 bridgehead atoms. The molecular weight excluding hydrogens is 484 g/mol. The molecule has 0 saturated carbocycles. The first-order valence-electron chi connectivity index (χ1n) is 6.20. The van der Waals surface area contributed by atoms with E-state index in [1.807, 2.05) is 0 Å². The van der Waals surface area contributed by atoms with Gasteiger partial charge in [-0.05, 0) is 40.8 Å². The van der Waals surface area contributed by atoms with Gasteiger partial charge in [-0.15, -0.1) is 0 Å².